The van der Waals surface area contributed by atoms with E-state index in [1.165, 1.54) is 23.5 Å². The molecule has 1 fully saturated rings. The van der Waals surface area contributed by atoms with Gasteiger partial charge in [0.15, 0.2) is 4.80 Å². The number of para-hydroxylation sites is 1. The number of nitrogens with zero attached hydrogens (tertiary/aromatic N) is 3. The predicted octanol–water partition coefficient (Wildman–Crippen LogP) is 3.42. The van der Waals surface area contributed by atoms with Crippen LogP contribution >= 0.6 is 11.3 Å². The topological polar surface area (TPSA) is 71.7 Å². The van der Waals surface area contributed by atoms with Crippen LogP contribution in [0.15, 0.2) is 60.1 Å². The van der Waals surface area contributed by atoms with Crippen LogP contribution in [-0.4, -0.2) is 22.3 Å². The van der Waals surface area contributed by atoms with Crippen molar-refractivity contribution < 1.29 is 18.8 Å². The Morgan fingerprint density at radius 3 is 2.62 bits per heavy atom. The number of amides is 3. The zero-order valence-electron chi connectivity index (χ0n) is 15.3. The van der Waals surface area contributed by atoms with E-state index >= 15 is 0 Å². The van der Waals surface area contributed by atoms with Crippen molar-refractivity contribution in [3.63, 3.8) is 0 Å². The van der Waals surface area contributed by atoms with E-state index < -0.39 is 11.7 Å². The zero-order chi connectivity index (χ0) is 20.5. The van der Waals surface area contributed by atoms with Crippen molar-refractivity contribution in [1.29, 1.82) is 0 Å². The first-order valence-electron chi connectivity index (χ1n) is 8.93. The monoisotopic (exact) mass is 409 g/mol. The molecule has 0 bridgehead atoms. The molecule has 0 radical (unpaired) electrons. The van der Waals surface area contributed by atoms with Crippen LogP contribution in [0.3, 0.4) is 0 Å². The Hall–Kier alpha value is -3.39. The Balaban J connectivity index is 1.77. The lowest BCUT2D eigenvalue weighted by Crippen LogP contribution is -2.28. The number of thiazole rings is 1. The predicted molar refractivity (Wildman–Crippen MR) is 108 cm³/mol. The van der Waals surface area contributed by atoms with Gasteiger partial charge in [0.25, 0.3) is 5.91 Å². The van der Waals surface area contributed by atoms with Gasteiger partial charge in [-0.2, -0.15) is 4.99 Å². The van der Waals surface area contributed by atoms with E-state index in [1.54, 1.807) is 41.0 Å². The molecule has 29 heavy (non-hydrogen) atoms. The molecule has 8 heteroatoms. The summed E-state index contributed by atoms with van der Waals surface area (Å²) in [5.41, 5.74) is 0.948. The molecule has 0 atom stereocenters. The Kier molecular flexibility index (Phi) is 4.94. The zero-order valence-corrected chi connectivity index (χ0v) is 16.1. The molecule has 1 aliphatic heterocycles. The Labute approximate surface area is 169 Å². The lowest BCUT2D eigenvalue weighted by molar-refractivity contribution is -0.121. The van der Waals surface area contributed by atoms with Crippen LogP contribution < -0.4 is 9.70 Å². The van der Waals surface area contributed by atoms with E-state index in [1.807, 2.05) is 0 Å². The molecule has 3 aromatic rings. The SMILES string of the molecule is C=CCn1c(=NC(=O)c2cccc(N3C(=O)CCC3=O)c2)sc2cccc(F)c21. The minimum absolute atomic E-state index is 0.163. The summed E-state index contributed by atoms with van der Waals surface area (Å²) in [6, 6.07) is 10.9. The maximum absolute atomic E-state index is 14.3. The van der Waals surface area contributed by atoms with Gasteiger partial charge in [-0.3, -0.25) is 19.3 Å². The van der Waals surface area contributed by atoms with Gasteiger partial charge >= 0.3 is 0 Å². The van der Waals surface area contributed by atoms with Crippen molar-refractivity contribution in [2.24, 2.45) is 4.99 Å². The Morgan fingerprint density at radius 1 is 1.17 bits per heavy atom. The molecule has 6 nitrogen and oxygen atoms in total. The second kappa shape index (κ2) is 7.56. The van der Waals surface area contributed by atoms with E-state index in [-0.39, 0.29) is 30.2 Å². The van der Waals surface area contributed by atoms with E-state index in [9.17, 15) is 18.8 Å². The van der Waals surface area contributed by atoms with Crippen molar-refractivity contribution in [3.05, 3.63) is 71.3 Å². The molecule has 1 aromatic heterocycles. The highest BCUT2D eigenvalue weighted by molar-refractivity contribution is 7.16. The van der Waals surface area contributed by atoms with Crippen molar-refractivity contribution in [3.8, 4) is 0 Å². The van der Waals surface area contributed by atoms with Gasteiger partial charge in [-0.25, -0.2) is 4.39 Å². The third kappa shape index (κ3) is 3.42. The van der Waals surface area contributed by atoms with Crippen LogP contribution in [0, 0.1) is 5.82 Å². The number of hydrogen-bond donors (Lipinski definition) is 0. The molecule has 0 saturated carbocycles. The molecule has 1 aliphatic rings. The van der Waals surface area contributed by atoms with E-state index in [4.69, 9.17) is 0 Å². The fourth-order valence-corrected chi connectivity index (χ4v) is 4.32. The second-order valence-electron chi connectivity index (χ2n) is 6.46. The van der Waals surface area contributed by atoms with Crippen LogP contribution in [0.2, 0.25) is 0 Å². The normalized spacial score (nSPS) is 14.8. The first-order valence-corrected chi connectivity index (χ1v) is 9.75. The summed E-state index contributed by atoms with van der Waals surface area (Å²) in [7, 11) is 0. The summed E-state index contributed by atoms with van der Waals surface area (Å²) in [4.78, 5) is 42.3. The first-order chi connectivity index (χ1) is 14.0. The molecular formula is C21H16FN3O3S. The summed E-state index contributed by atoms with van der Waals surface area (Å²) >= 11 is 1.20. The lowest BCUT2D eigenvalue weighted by atomic mass is 10.2. The van der Waals surface area contributed by atoms with Crippen LogP contribution in [0.1, 0.15) is 23.2 Å². The molecule has 2 heterocycles. The largest absolute Gasteiger partial charge is 0.310 e. The van der Waals surface area contributed by atoms with E-state index in [2.05, 4.69) is 11.6 Å². The number of aromatic nitrogens is 1. The highest BCUT2D eigenvalue weighted by Gasteiger charge is 2.30. The third-order valence-corrected chi connectivity index (χ3v) is 5.61. The van der Waals surface area contributed by atoms with Gasteiger partial charge in [-0.05, 0) is 30.3 Å². The van der Waals surface area contributed by atoms with Crippen molar-refractivity contribution in [2.75, 3.05) is 4.90 Å². The smallest absolute Gasteiger partial charge is 0.279 e. The number of carbonyl (C=O) groups excluding carboxylic acids is 3. The summed E-state index contributed by atoms with van der Waals surface area (Å²) in [5, 5.41) is 0. The number of hydrogen-bond acceptors (Lipinski definition) is 4. The molecule has 0 N–H and O–H groups in total. The summed E-state index contributed by atoms with van der Waals surface area (Å²) < 4.78 is 16.6. The Morgan fingerprint density at radius 2 is 1.90 bits per heavy atom. The van der Waals surface area contributed by atoms with Crippen LogP contribution in [0.5, 0.6) is 0 Å². The first kappa shape index (κ1) is 18.9. The molecule has 4 rings (SSSR count). The molecule has 2 aromatic carbocycles. The number of halogens is 1. The summed E-state index contributed by atoms with van der Waals surface area (Å²) in [6.45, 7) is 3.98. The molecule has 0 unspecified atom stereocenters. The van der Waals surface area contributed by atoms with Crippen LogP contribution in [0.25, 0.3) is 10.2 Å². The fourth-order valence-electron chi connectivity index (χ4n) is 3.26. The highest BCUT2D eigenvalue weighted by Crippen LogP contribution is 2.24. The van der Waals surface area contributed by atoms with Gasteiger partial charge in [0.1, 0.15) is 5.82 Å². The number of benzene rings is 2. The van der Waals surface area contributed by atoms with Crippen LogP contribution in [0.4, 0.5) is 10.1 Å². The summed E-state index contributed by atoms with van der Waals surface area (Å²) in [6.07, 6.45) is 1.93. The summed E-state index contributed by atoms with van der Waals surface area (Å²) in [5.74, 6) is -1.53. The fraction of sp³-hybridized carbons (Fsp3) is 0.143. The van der Waals surface area contributed by atoms with Crippen molar-refractivity contribution in [2.45, 2.75) is 19.4 Å². The molecular weight excluding hydrogens is 393 g/mol. The molecule has 3 amide bonds. The van der Waals surface area contributed by atoms with Crippen LogP contribution in [-0.2, 0) is 16.1 Å². The average molecular weight is 409 g/mol. The number of imide groups is 1. The third-order valence-electron chi connectivity index (χ3n) is 4.56. The maximum atomic E-state index is 14.3. The van der Waals surface area contributed by atoms with Gasteiger partial charge in [0.05, 0.1) is 15.9 Å². The standard InChI is InChI=1S/C21H16FN3O3S/c1-2-11-24-19-15(22)7-4-8-16(19)29-21(24)23-20(28)13-5-3-6-14(12-13)25-17(26)9-10-18(25)27/h2-8,12H,1,9-11H2. The number of rotatable bonds is 4. The number of allylic oxidation sites excluding steroid dienone is 1. The van der Waals surface area contributed by atoms with Gasteiger partial charge < -0.3 is 4.57 Å². The van der Waals surface area contributed by atoms with Gasteiger partial charge in [-0.1, -0.05) is 29.5 Å². The highest BCUT2D eigenvalue weighted by atomic mass is 32.1. The van der Waals surface area contributed by atoms with Crippen molar-refractivity contribution >= 4 is 45.0 Å². The number of fused-ring (bicyclic) bond motifs is 1. The number of anilines is 1. The minimum atomic E-state index is -0.546. The minimum Gasteiger partial charge on any atom is -0.310 e. The quantitative estimate of drug-likeness (QED) is 0.490. The van der Waals surface area contributed by atoms with Gasteiger partial charge in [-0.15, -0.1) is 6.58 Å². The maximum Gasteiger partial charge on any atom is 0.279 e. The molecule has 0 spiro atoms. The second-order valence-corrected chi connectivity index (χ2v) is 7.47. The lowest BCUT2D eigenvalue weighted by Gasteiger charge is -2.14. The Bertz CT molecular complexity index is 1230. The average Bonchev–Trinajstić information content (AvgIpc) is 3.22. The number of carbonyl (C=O) groups is 3. The van der Waals surface area contributed by atoms with Gasteiger partial charge in [0, 0.05) is 24.9 Å². The van der Waals surface area contributed by atoms with E-state index in [0.717, 1.165) is 4.90 Å². The van der Waals surface area contributed by atoms with Crippen molar-refractivity contribution in [1.82, 2.24) is 4.57 Å². The molecule has 1 saturated heterocycles. The molecule has 146 valence electrons. The van der Waals surface area contributed by atoms with E-state index in [0.29, 0.717) is 27.3 Å². The molecule has 0 aliphatic carbocycles. The van der Waals surface area contributed by atoms with Gasteiger partial charge in [0.2, 0.25) is 11.8 Å².